The van der Waals surface area contributed by atoms with E-state index in [0.29, 0.717) is 31.6 Å². The molecule has 1 saturated heterocycles. The number of nitrogens with zero attached hydrogens (tertiary/aromatic N) is 3. The second kappa shape index (κ2) is 10.6. The maximum Gasteiger partial charge on any atom is 0.231 e. The van der Waals surface area contributed by atoms with Crippen LogP contribution in [0.3, 0.4) is 0 Å². The van der Waals surface area contributed by atoms with Crippen molar-refractivity contribution in [2.75, 3.05) is 33.3 Å². The zero-order valence-corrected chi connectivity index (χ0v) is 15.7. The molecule has 4 N–H and O–H groups in total. The molecule has 26 heavy (non-hydrogen) atoms. The van der Waals surface area contributed by atoms with Crippen molar-refractivity contribution in [2.24, 2.45) is 10.7 Å². The van der Waals surface area contributed by atoms with Gasteiger partial charge in [-0.05, 0) is 24.8 Å². The highest BCUT2D eigenvalue weighted by Gasteiger charge is 2.20. The van der Waals surface area contributed by atoms with Crippen LogP contribution in [0.4, 0.5) is 0 Å². The molecule has 0 unspecified atom stereocenters. The molecule has 1 amide bonds. The van der Waals surface area contributed by atoms with Crippen LogP contribution in [0.1, 0.15) is 31.7 Å². The first-order valence-electron chi connectivity index (χ1n) is 9.16. The van der Waals surface area contributed by atoms with E-state index >= 15 is 0 Å². The van der Waals surface area contributed by atoms with Crippen LogP contribution in [0, 0.1) is 0 Å². The van der Waals surface area contributed by atoms with Gasteiger partial charge in [-0.3, -0.25) is 14.7 Å². The normalized spacial score (nSPS) is 16.3. The predicted molar refractivity (Wildman–Crippen MR) is 102 cm³/mol. The third kappa shape index (κ3) is 6.87. The van der Waals surface area contributed by atoms with Gasteiger partial charge in [0.2, 0.25) is 11.8 Å². The molecule has 0 aromatic carbocycles. The second-order valence-corrected chi connectivity index (χ2v) is 6.44. The fraction of sp³-hybridized carbons (Fsp3) is 0.611. The Hall–Kier alpha value is -2.35. The molecular formula is C18H30N6O2. The summed E-state index contributed by atoms with van der Waals surface area (Å²) in [7, 11) is 1.76. The summed E-state index contributed by atoms with van der Waals surface area (Å²) in [5.41, 5.74) is 6.31. The van der Waals surface area contributed by atoms with Crippen LogP contribution in [-0.4, -0.2) is 61.1 Å². The predicted octanol–water partition coefficient (Wildman–Crippen LogP) is 0.485. The highest BCUT2D eigenvalue weighted by atomic mass is 16.5. The first-order valence-corrected chi connectivity index (χ1v) is 9.16. The molecule has 8 nitrogen and oxygen atoms in total. The van der Waals surface area contributed by atoms with Gasteiger partial charge in [-0.15, -0.1) is 0 Å². The lowest BCUT2D eigenvalue weighted by molar-refractivity contribution is -0.119. The van der Waals surface area contributed by atoms with Crippen LogP contribution in [0.5, 0.6) is 5.88 Å². The van der Waals surface area contributed by atoms with Crippen LogP contribution in [0.25, 0.3) is 0 Å². The number of rotatable bonds is 8. The number of carbonyl (C=O) groups excluding carboxylic acids is 1. The molecule has 1 aliphatic rings. The van der Waals surface area contributed by atoms with E-state index in [0.717, 1.165) is 43.9 Å². The molecule has 0 saturated carbocycles. The third-order valence-electron chi connectivity index (χ3n) is 4.24. The van der Waals surface area contributed by atoms with Gasteiger partial charge >= 0.3 is 0 Å². The quantitative estimate of drug-likeness (QED) is 0.459. The van der Waals surface area contributed by atoms with Gasteiger partial charge in [0.1, 0.15) is 0 Å². The van der Waals surface area contributed by atoms with E-state index in [9.17, 15) is 4.79 Å². The number of aliphatic imine (C=N–C) groups is 1. The summed E-state index contributed by atoms with van der Waals surface area (Å²) >= 11 is 0. The van der Waals surface area contributed by atoms with Gasteiger partial charge in [0.15, 0.2) is 5.96 Å². The van der Waals surface area contributed by atoms with Gasteiger partial charge in [0, 0.05) is 45.0 Å². The van der Waals surface area contributed by atoms with E-state index in [1.165, 1.54) is 0 Å². The van der Waals surface area contributed by atoms with Crippen LogP contribution in [0.2, 0.25) is 0 Å². The van der Waals surface area contributed by atoms with E-state index in [4.69, 9.17) is 10.5 Å². The largest absolute Gasteiger partial charge is 0.478 e. The van der Waals surface area contributed by atoms with Crippen LogP contribution >= 0.6 is 0 Å². The number of piperidine rings is 1. The van der Waals surface area contributed by atoms with Crippen molar-refractivity contribution in [2.45, 2.75) is 38.8 Å². The lowest BCUT2D eigenvalue weighted by atomic mass is 10.1. The molecule has 2 heterocycles. The Labute approximate surface area is 155 Å². The van der Waals surface area contributed by atoms with Crippen LogP contribution in [-0.2, 0) is 11.3 Å². The van der Waals surface area contributed by atoms with E-state index in [-0.39, 0.29) is 5.91 Å². The number of ether oxygens (including phenoxy) is 1. The average Bonchev–Trinajstić information content (AvgIpc) is 2.65. The Kier molecular flexibility index (Phi) is 8.14. The molecule has 1 aliphatic heterocycles. The van der Waals surface area contributed by atoms with Crippen molar-refractivity contribution in [3.63, 3.8) is 0 Å². The Bertz CT molecular complexity index is 582. The van der Waals surface area contributed by atoms with Crippen molar-refractivity contribution in [1.82, 2.24) is 20.5 Å². The van der Waals surface area contributed by atoms with Gasteiger partial charge < -0.3 is 21.1 Å². The molecule has 1 aromatic heterocycles. The number of hydrogen-bond donors (Lipinski definition) is 3. The van der Waals surface area contributed by atoms with Gasteiger partial charge in [0.25, 0.3) is 0 Å². The first-order chi connectivity index (χ1) is 12.6. The Morgan fingerprint density at radius 1 is 1.42 bits per heavy atom. The van der Waals surface area contributed by atoms with E-state index in [1.54, 1.807) is 7.05 Å². The topological polar surface area (TPSA) is 105 Å². The SMILES string of the molecule is CCCOc1ccc(CNC(=NC)NC2CCN(CC(N)=O)CC2)cn1. The number of likely N-dealkylation sites (tertiary alicyclic amines) is 1. The number of pyridine rings is 1. The summed E-state index contributed by atoms with van der Waals surface area (Å²) in [6, 6.07) is 4.23. The lowest BCUT2D eigenvalue weighted by Crippen LogP contribution is -2.49. The molecule has 8 heteroatoms. The average molecular weight is 362 g/mol. The lowest BCUT2D eigenvalue weighted by Gasteiger charge is -2.32. The highest BCUT2D eigenvalue weighted by molar-refractivity contribution is 5.80. The van der Waals surface area contributed by atoms with E-state index in [1.807, 2.05) is 18.3 Å². The number of nitrogens with one attached hydrogen (secondary N) is 2. The number of primary amides is 1. The number of carbonyl (C=O) groups is 1. The molecule has 0 aliphatic carbocycles. The van der Waals surface area contributed by atoms with Crippen molar-refractivity contribution in [1.29, 1.82) is 0 Å². The second-order valence-electron chi connectivity index (χ2n) is 6.44. The number of amides is 1. The molecule has 0 bridgehead atoms. The maximum atomic E-state index is 11.0. The van der Waals surface area contributed by atoms with Gasteiger partial charge in [-0.25, -0.2) is 4.98 Å². The summed E-state index contributed by atoms with van der Waals surface area (Å²) in [5.74, 6) is 1.15. The molecular weight excluding hydrogens is 332 g/mol. The van der Waals surface area contributed by atoms with Crippen molar-refractivity contribution >= 4 is 11.9 Å². The molecule has 144 valence electrons. The van der Waals surface area contributed by atoms with Crippen LogP contribution < -0.4 is 21.1 Å². The van der Waals surface area contributed by atoms with Gasteiger partial charge in [0.05, 0.1) is 13.2 Å². The third-order valence-corrected chi connectivity index (χ3v) is 4.24. The van der Waals surface area contributed by atoms with E-state index in [2.05, 4.69) is 32.4 Å². The Morgan fingerprint density at radius 2 is 2.19 bits per heavy atom. The maximum absolute atomic E-state index is 11.0. The fourth-order valence-electron chi connectivity index (χ4n) is 2.84. The number of guanidine groups is 1. The molecule has 0 radical (unpaired) electrons. The molecule has 1 aromatic rings. The number of aromatic nitrogens is 1. The summed E-state index contributed by atoms with van der Waals surface area (Å²) in [4.78, 5) is 21.7. The fourth-order valence-corrected chi connectivity index (χ4v) is 2.84. The Balaban J connectivity index is 1.73. The summed E-state index contributed by atoms with van der Waals surface area (Å²) in [6.07, 6.45) is 4.69. The Morgan fingerprint density at radius 3 is 2.77 bits per heavy atom. The highest BCUT2D eigenvalue weighted by Crippen LogP contribution is 2.10. The summed E-state index contributed by atoms with van der Waals surface area (Å²) in [6.45, 7) is 5.45. The minimum atomic E-state index is -0.270. The molecule has 2 rings (SSSR count). The molecule has 0 spiro atoms. The summed E-state index contributed by atoms with van der Waals surface area (Å²) in [5, 5.41) is 6.75. The van der Waals surface area contributed by atoms with Crippen LogP contribution in [0.15, 0.2) is 23.3 Å². The minimum absolute atomic E-state index is 0.270. The van der Waals surface area contributed by atoms with Gasteiger partial charge in [-0.1, -0.05) is 13.0 Å². The minimum Gasteiger partial charge on any atom is -0.478 e. The van der Waals surface area contributed by atoms with Crippen molar-refractivity contribution in [3.05, 3.63) is 23.9 Å². The molecule has 1 fully saturated rings. The van der Waals surface area contributed by atoms with Crippen molar-refractivity contribution < 1.29 is 9.53 Å². The standard InChI is InChI=1S/C18H30N6O2/c1-3-10-26-17-5-4-14(11-21-17)12-22-18(20-2)23-15-6-8-24(9-7-15)13-16(19)25/h4-5,11,15H,3,6-10,12-13H2,1-2H3,(H2,19,25)(H2,20,22,23). The monoisotopic (exact) mass is 362 g/mol. The zero-order chi connectivity index (χ0) is 18.8. The number of nitrogens with two attached hydrogens (primary N) is 1. The zero-order valence-electron chi connectivity index (χ0n) is 15.7. The van der Waals surface area contributed by atoms with E-state index < -0.39 is 0 Å². The number of hydrogen-bond acceptors (Lipinski definition) is 5. The smallest absolute Gasteiger partial charge is 0.231 e. The van der Waals surface area contributed by atoms with Gasteiger partial charge in [-0.2, -0.15) is 0 Å². The molecule has 0 atom stereocenters. The van der Waals surface area contributed by atoms with Crippen molar-refractivity contribution in [3.8, 4) is 5.88 Å². The first kappa shape index (κ1) is 20.0. The summed E-state index contributed by atoms with van der Waals surface area (Å²) < 4.78 is 5.49.